The highest BCUT2D eigenvalue weighted by Gasteiger charge is 2.77. The molecule has 0 aliphatic heterocycles. The zero-order valence-corrected chi connectivity index (χ0v) is 7.62. The molecular formula is C8H13ClO. The van der Waals surface area contributed by atoms with Crippen molar-refractivity contribution in [3.05, 3.63) is 0 Å². The average Bonchev–Trinajstić information content (AvgIpc) is 2.11. The van der Waals surface area contributed by atoms with Crippen molar-refractivity contribution in [1.82, 2.24) is 0 Å². The molecule has 0 bridgehead atoms. The number of aldehydes is 1. The second-order valence-electron chi connectivity index (χ2n) is 4.08. The van der Waals surface area contributed by atoms with Crippen molar-refractivity contribution in [3.63, 3.8) is 0 Å². The number of rotatable bonds is 1. The first-order valence-electron chi connectivity index (χ1n) is 3.46. The first-order chi connectivity index (χ1) is 4.31. The largest absolute Gasteiger partial charge is 0.301 e. The quantitative estimate of drug-likeness (QED) is 0.425. The molecule has 2 heteroatoms. The van der Waals surface area contributed by atoms with E-state index in [-0.39, 0.29) is 10.8 Å². The van der Waals surface area contributed by atoms with Crippen molar-refractivity contribution in [1.29, 1.82) is 0 Å². The normalized spacial score (nSPS) is 31.3. The van der Waals surface area contributed by atoms with E-state index in [1.807, 2.05) is 27.7 Å². The molecule has 10 heavy (non-hydrogen) atoms. The summed E-state index contributed by atoms with van der Waals surface area (Å²) in [7, 11) is 0. The van der Waals surface area contributed by atoms with E-state index < -0.39 is 4.87 Å². The average molecular weight is 161 g/mol. The number of hydrogen-bond donors (Lipinski definition) is 0. The Labute approximate surface area is 66.8 Å². The first-order valence-corrected chi connectivity index (χ1v) is 3.84. The molecule has 1 fully saturated rings. The predicted octanol–water partition coefficient (Wildman–Crippen LogP) is 2.23. The maximum Gasteiger partial charge on any atom is 0.142 e. The first kappa shape index (κ1) is 8.06. The monoisotopic (exact) mass is 160 g/mol. The Morgan fingerprint density at radius 3 is 1.40 bits per heavy atom. The van der Waals surface area contributed by atoms with Gasteiger partial charge in [0.2, 0.25) is 0 Å². The molecule has 0 unspecified atom stereocenters. The highest BCUT2D eigenvalue weighted by Crippen LogP contribution is 2.73. The fourth-order valence-corrected chi connectivity index (χ4v) is 2.01. The Balaban J connectivity index is 3.00. The lowest BCUT2D eigenvalue weighted by atomic mass is 10.0. The van der Waals surface area contributed by atoms with Gasteiger partial charge in [-0.2, -0.15) is 0 Å². The third-order valence-corrected chi connectivity index (χ3v) is 4.52. The summed E-state index contributed by atoms with van der Waals surface area (Å²) < 4.78 is 0. The minimum Gasteiger partial charge on any atom is -0.301 e. The summed E-state index contributed by atoms with van der Waals surface area (Å²) in [6.07, 6.45) is 0.870. The smallest absolute Gasteiger partial charge is 0.142 e. The van der Waals surface area contributed by atoms with Crippen LogP contribution in [0.5, 0.6) is 0 Å². The minimum absolute atomic E-state index is 0.0523. The Bertz CT molecular complexity index is 168. The highest BCUT2D eigenvalue weighted by molar-refractivity contribution is 6.36. The van der Waals surface area contributed by atoms with Gasteiger partial charge in [-0.3, -0.25) is 0 Å². The van der Waals surface area contributed by atoms with Gasteiger partial charge < -0.3 is 4.79 Å². The lowest BCUT2D eigenvalue weighted by Gasteiger charge is -2.02. The molecule has 1 aliphatic rings. The molecule has 1 rings (SSSR count). The number of hydrogen-bond acceptors (Lipinski definition) is 1. The standard InChI is InChI=1S/C8H13ClO/c1-6(2)7(3,4)8(6,9)5-10/h5H,1-4H3. The Morgan fingerprint density at radius 2 is 1.40 bits per heavy atom. The highest BCUT2D eigenvalue weighted by atomic mass is 35.5. The van der Waals surface area contributed by atoms with Crippen LogP contribution in [-0.4, -0.2) is 11.2 Å². The molecule has 58 valence electrons. The summed E-state index contributed by atoms with van der Waals surface area (Å²) in [6, 6.07) is 0. The molecule has 0 aromatic heterocycles. The summed E-state index contributed by atoms with van der Waals surface area (Å²) in [5.41, 5.74) is -0.105. The van der Waals surface area contributed by atoms with Gasteiger partial charge in [0.25, 0.3) is 0 Å². The Kier molecular flexibility index (Phi) is 1.27. The van der Waals surface area contributed by atoms with Gasteiger partial charge >= 0.3 is 0 Å². The topological polar surface area (TPSA) is 17.1 Å². The molecule has 0 radical (unpaired) electrons. The Morgan fingerprint density at radius 1 is 1.10 bits per heavy atom. The van der Waals surface area contributed by atoms with Crippen LogP contribution in [0.4, 0.5) is 0 Å². The molecule has 0 spiro atoms. The van der Waals surface area contributed by atoms with E-state index in [9.17, 15) is 4.79 Å². The third kappa shape index (κ3) is 0.493. The summed E-state index contributed by atoms with van der Waals surface area (Å²) in [5, 5.41) is 0. The van der Waals surface area contributed by atoms with Crippen LogP contribution in [0.15, 0.2) is 0 Å². The molecule has 0 atom stereocenters. The van der Waals surface area contributed by atoms with Gasteiger partial charge in [0, 0.05) is 0 Å². The summed E-state index contributed by atoms with van der Waals surface area (Å²) in [6.45, 7) is 8.09. The van der Waals surface area contributed by atoms with E-state index in [0.29, 0.717) is 0 Å². The summed E-state index contributed by atoms with van der Waals surface area (Å²) in [5.74, 6) is 0. The van der Waals surface area contributed by atoms with E-state index in [0.717, 1.165) is 6.29 Å². The van der Waals surface area contributed by atoms with Gasteiger partial charge in [0.05, 0.1) is 0 Å². The van der Waals surface area contributed by atoms with E-state index >= 15 is 0 Å². The van der Waals surface area contributed by atoms with Gasteiger partial charge in [-0.1, -0.05) is 27.7 Å². The molecule has 0 heterocycles. The summed E-state index contributed by atoms with van der Waals surface area (Å²) in [4.78, 5) is 9.96. The van der Waals surface area contributed by atoms with Crippen LogP contribution < -0.4 is 0 Å². The van der Waals surface area contributed by atoms with E-state index in [2.05, 4.69) is 0 Å². The molecule has 0 N–H and O–H groups in total. The number of alkyl halides is 1. The minimum atomic E-state index is -0.625. The van der Waals surface area contributed by atoms with Gasteiger partial charge in [-0.15, -0.1) is 11.6 Å². The fourth-order valence-electron chi connectivity index (χ4n) is 1.58. The lowest BCUT2D eigenvalue weighted by Crippen LogP contribution is -2.10. The summed E-state index contributed by atoms with van der Waals surface area (Å²) >= 11 is 6.04. The van der Waals surface area contributed by atoms with Crippen LogP contribution in [0.2, 0.25) is 0 Å². The lowest BCUT2D eigenvalue weighted by molar-refractivity contribution is -0.109. The molecule has 0 amide bonds. The van der Waals surface area contributed by atoms with Gasteiger partial charge in [0.15, 0.2) is 0 Å². The number of halogens is 1. The molecule has 1 nitrogen and oxygen atoms in total. The van der Waals surface area contributed by atoms with Crippen LogP contribution in [0, 0.1) is 10.8 Å². The van der Waals surface area contributed by atoms with Crippen molar-refractivity contribution in [3.8, 4) is 0 Å². The van der Waals surface area contributed by atoms with Crippen molar-refractivity contribution in [2.24, 2.45) is 10.8 Å². The Hall–Kier alpha value is -0.0400. The van der Waals surface area contributed by atoms with E-state index in [4.69, 9.17) is 11.6 Å². The second kappa shape index (κ2) is 1.58. The van der Waals surface area contributed by atoms with E-state index in [1.165, 1.54) is 0 Å². The predicted molar refractivity (Wildman–Crippen MR) is 42.2 cm³/mol. The van der Waals surface area contributed by atoms with Crippen LogP contribution in [0.25, 0.3) is 0 Å². The van der Waals surface area contributed by atoms with Gasteiger partial charge in [-0.25, -0.2) is 0 Å². The van der Waals surface area contributed by atoms with Crippen LogP contribution in [-0.2, 0) is 4.79 Å². The van der Waals surface area contributed by atoms with Crippen LogP contribution in [0.3, 0.4) is 0 Å². The number of carbonyl (C=O) groups excluding carboxylic acids is 1. The van der Waals surface area contributed by atoms with Gasteiger partial charge in [0.1, 0.15) is 11.2 Å². The molecule has 1 aliphatic carbocycles. The number of carbonyl (C=O) groups is 1. The second-order valence-corrected chi connectivity index (χ2v) is 4.68. The zero-order valence-electron chi connectivity index (χ0n) is 6.86. The van der Waals surface area contributed by atoms with E-state index in [1.54, 1.807) is 0 Å². The van der Waals surface area contributed by atoms with Crippen LogP contribution >= 0.6 is 11.6 Å². The molecular weight excluding hydrogens is 148 g/mol. The van der Waals surface area contributed by atoms with Crippen LogP contribution in [0.1, 0.15) is 27.7 Å². The fraction of sp³-hybridized carbons (Fsp3) is 0.875. The third-order valence-electron chi connectivity index (χ3n) is 3.48. The van der Waals surface area contributed by atoms with Crippen molar-refractivity contribution >= 4 is 17.9 Å². The van der Waals surface area contributed by atoms with Crippen molar-refractivity contribution in [2.75, 3.05) is 0 Å². The van der Waals surface area contributed by atoms with Crippen molar-refractivity contribution in [2.45, 2.75) is 32.6 Å². The maximum absolute atomic E-state index is 10.6. The van der Waals surface area contributed by atoms with Gasteiger partial charge in [-0.05, 0) is 10.8 Å². The van der Waals surface area contributed by atoms with Crippen molar-refractivity contribution < 1.29 is 4.79 Å². The molecule has 0 saturated heterocycles. The zero-order chi connectivity index (χ0) is 8.21. The molecule has 0 aromatic rings. The SMILES string of the molecule is CC1(C)C(C)(C)C1(Cl)C=O. The molecule has 0 aromatic carbocycles. The maximum atomic E-state index is 10.6. The molecule has 1 saturated carbocycles.